The molecule has 0 N–H and O–H groups in total. The number of ether oxygens (including phenoxy) is 1. The normalized spacial score (nSPS) is 17.7. The molecule has 0 atom stereocenters. The molecule has 0 unspecified atom stereocenters. The average molecular weight is 245 g/mol. The van der Waals surface area contributed by atoms with E-state index in [0.29, 0.717) is 11.8 Å². The molecular weight excluding hydrogens is 226 g/mol. The summed E-state index contributed by atoms with van der Waals surface area (Å²) in [6, 6.07) is 4.17. The summed E-state index contributed by atoms with van der Waals surface area (Å²) in [6.45, 7) is 6.05. The zero-order valence-electron chi connectivity index (χ0n) is 11.0. The van der Waals surface area contributed by atoms with E-state index in [9.17, 15) is 0 Å². The molecule has 3 nitrogen and oxygen atoms in total. The van der Waals surface area contributed by atoms with Gasteiger partial charge in [-0.15, -0.1) is 0 Å². The molecule has 0 radical (unpaired) electrons. The minimum Gasteiger partial charge on any atom is -0.459 e. The van der Waals surface area contributed by atoms with Crippen LogP contribution in [-0.4, -0.2) is 18.2 Å². The van der Waals surface area contributed by atoms with Crippen molar-refractivity contribution >= 4 is 11.1 Å². The Kier molecular flexibility index (Phi) is 3.08. The van der Waals surface area contributed by atoms with Gasteiger partial charge in [-0.1, -0.05) is 13.8 Å². The topological polar surface area (TPSA) is 35.3 Å². The molecule has 3 rings (SSSR count). The number of pyridine rings is 1. The van der Waals surface area contributed by atoms with E-state index in [2.05, 4.69) is 31.0 Å². The standard InChI is InChI=1S/C15H19NO2/c1-10(2)12-3-6-16-13-9-14(18-15(12)13)11-4-7-17-8-5-11/h3,6,9-11H,4-5,7-8H2,1-2H3. The molecule has 1 saturated heterocycles. The highest BCUT2D eigenvalue weighted by atomic mass is 16.5. The van der Waals surface area contributed by atoms with Gasteiger partial charge < -0.3 is 9.15 Å². The largest absolute Gasteiger partial charge is 0.459 e. The molecule has 1 fully saturated rings. The van der Waals surface area contributed by atoms with Gasteiger partial charge >= 0.3 is 0 Å². The van der Waals surface area contributed by atoms with Crippen LogP contribution < -0.4 is 0 Å². The highest BCUT2D eigenvalue weighted by Gasteiger charge is 2.21. The predicted molar refractivity (Wildman–Crippen MR) is 70.9 cm³/mol. The van der Waals surface area contributed by atoms with Crippen molar-refractivity contribution < 1.29 is 9.15 Å². The number of hydrogen-bond acceptors (Lipinski definition) is 3. The summed E-state index contributed by atoms with van der Waals surface area (Å²) in [4.78, 5) is 4.41. The number of hydrogen-bond donors (Lipinski definition) is 0. The maximum Gasteiger partial charge on any atom is 0.156 e. The van der Waals surface area contributed by atoms with E-state index in [1.807, 2.05) is 6.20 Å². The number of aromatic nitrogens is 1. The second kappa shape index (κ2) is 4.73. The monoisotopic (exact) mass is 245 g/mol. The summed E-state index contributed by atoms with van der Waals surface area (Å²) in [5.41, 5.74) is 3.20. The molecule has 1 aliphatic rings. The van der Waals surface area contributed by atoms with Crippen molar-refractivity contribution in [3.8, 4) is 0 Å². The molecule has 96 valence electrons. The van der Waals surface area contributed by atoms with Crippen molar-refractivity contribution in [1.29, 1.82) is 0 Å². The van der Waals surface area contributed by atoms with Crippen LogP contribution in [0.2, 0.25) is 0 Å². The molecule has 0 spiro atoms. The average Bonchev–Trinajstić information content (AvgIpc) is 2.83. The number of rotatable bonds is 2. The van der Waals surface area contributed by atoms with Crippen molar-refractivity contribution in [3.63, 3.8) is 0 Å². The lowest BCUT2D eigenvalue weighted by atomic mass is 9.97. The van der Waals surface area contributed by atoms with Crippen molar-refractivity contribution in [1.82, 2.24) is 4.98 Å². The molecule has 0 bridgehead atoms. The fourth-order valence-corrected chi connectivity index (χ4v) is 2.61. The summed E-state index contributed by atoms with van der Waals surface area (Å²) in [6.07, 6.45) is 3.98. The third-order valence-electron chi connectivity index (χ3n) is 3.71. The lowest BCUT2D eigenvalue weighted by Gasteiger charge is -2.19. The number of furan rings is 1. The maximum atomic E-state index is 6.08. The lowest BCUT2D eigenvalue weighted by Crippen LogP contribution is -2.13. The van der Waals surface area contributed by atoms with Gasteiger partial charge in [0.2, 0.25) is 0 Å². The summed E-state index contributed by atoms with van der Waals surface area (Å²) in [7, 11) is 0. The lowest BCUT2D eigenvalue weighted by molar-refractivity contribution is 0.0810. The van der Waals surface area contributed by atoms with Gasteiger partial charge in [-0.2, -0.15) is 0 Å². The summed E-state index contributed by atoms with van der Waals surface area (Å²) in [5.74, 6) is 2.03. The molecule has 0 saturated carbocycles. The zero-order chi connectivity index (χ0) is 12.5. The van der Waals surface area contributed by atoms with Crippen LogP contribution in [0.25, 0.3) is 11.1 Å². The van der Waals surface area contributed by atoms with Crippen LogP contribution >= 0.6 is 0 Å². The first-order valence-electron chi connectivity index (χ1n) is 6.72. The molecule has 0 amide bonds. The minimum atomic E-state index is 0.462. The molecule has 3 heteroatoms. The zero-order valence-corrected chi connectivity index (χ0v) is 11.0. The highest BCUT2D eigenvalue weighted by molar-refractivity contribution is 5.77. The quantitative estimate of drug-likeness (QED) is 0.806. The second-order valence-corrected chi connectivity index (χ2v) is 5.30. The molecular formula is C15H19NO2. The van der Waals surface area contributed by atoms with Crippen molar-refractivity contribution in [2.24, 2.45) is 0 Å². The summed E-state index contributed by atoms with van der Waals surface area (Å²) < 4.78 is 11.5. The van der Waals surface area contributed by atoms with Crippen molar-refractivity contribution in [2.75, 3.05) is 13.2 Å². The van der Waals surface area contributed by atoms with Crippen LogP contribution in [0.4, 0.5) is 0 Å². The third kappa shape index (κ3) is 2.03. The Bertz CT molecular complexity index is 538. The van der Waals surface area contributed by atoms with Crippen LogP contribution in [0.1, 0.15) is 49.8 Å². The first kappa shape index (κ1) is 11.7. The van der Waals surface area contributed by atoms with Gasteiger partial charge in [0.15, 0.2) is 5.58 Å². The number of nitrogens with zero attached hydrogens (tertiary/aromatic N) is 1. The van der Waals surface area contributed by atoms with Crippen LogP contribution in [0, 0.1) is 0 Å². The Morgan fingerprint density at radius 3 is 2.78 bits per heavy atom. The van der Waals surface area contributed by atoms with Gasteiger partial charge in [0.05, 0.1) is 0 Å². The molecule has 1 aliphatic heterocycles. The Hall–Kier alpha value is -1.35. The molecule has 0 aromatic carbocycles. The minimum absolute atomic E-state index is 0.462. The Morgan fingerprint density at radius 2 is 2.06 bits per heavy atom. The fourth-order valence-electron chi connectivity index (χ4n) is 2.61. The van der Waals surface area contributed by atoms with Gasteiger partial charge in [-0.05, 0) is 24.8 Å². The van der Waals surface area contributed by atoms with Crippen LogP contribution in [0.15, 0.2) is 22.7 Å². The Morgan fingerprint density at radius 1 is 1.28 bits per heavy atom. The first-order valence-corrected chi connectivity index (χ1v) is 6.72. The van der Waals surface area contributed by atoms with Crippen LogP contribution in [0.5, 0.6) is 0 Å². The molecule has 2 aromatic heterocycles. The van der Waals surface area contributed by atoms with Crippen molar-refractivity contribution in [3.05, 3.63) is 29.7 Å². The van der Waals surface area contributed by atoms with Gasteiger partial charge in [-0.25, -0.2) is 0 Å². The van der Waals surface area contributed by atoms with E-state index in [4.69, 9.17) is 9.15 Å². The number of fused-ring (bicyclic) bond motifs is 1. The van der Waals surface area contributed by atoms with E-state index in [0.717, 1.165) is 42.9 Å². The van der Waals surface area contributed by atoms with E-state index in [-0.39, 0.29) is 0 Å². The first-order chi connectivity index (χ1) is 8.75. The van der Waals surface area contributed by atoms with Crippen LogP contribution in [-0.2, 0) is 4.74 Å². The van der Waals surface area contributed by atoms with Crippen molar-refractivity contribution in [2.45, 2.75) is 38.5 Å². The van der Waals surface area contributed by atoms with E-state index >= 15 is 0 Å². The van der Waals surface area contributed by atoms with E-state index in [1.54, 1.807) is 0 Å². The molecule has 2 aromatic rings. The Balaban J connectivity index is 2.02. The van der Waals surface area contributed by atoms with Gasteiger partial charge in [0.25, 0.3) is 0 Å². The van der Waals surface area contributed by atoms with Gasteiger partial charge in [0, 0.05) is 37.0 Å². The summed E-state index contributed by atoms with van der Waals surface area (Å²) >= 11 is 0. The smallest absolute Gasteiger partial charge is 0.156 e. The molecule has 0 aliphatic carbocycles. The van der Waals surface area contributed by atoms with Gasteiger partial charge in [-0.3, -0.25) is 4.98 Å². The van der Waals surface area contributed by atoms with E-state index in [1.165, 1.54) is 5.56 Å². The second-order valence-electron chi connectivity index (χ2n) is 5.30. The van der Waals surface area contributed by atoms with Gasteiger partial charge in [0.1, 0.15) is 11.3 Å². The molecule has 3 heterocycles. The third-order valence-corrected chi connectivity index (χ3v) is 3.71. The fraction of sp³-hybridized carbons (Fsp3) is 0.533. The summed E-state index contributed by atoms with van der Waals surface area (Å²) in [5, 5.41) is 0. The SMILES string of the molecule is CC(C)c1ccnc2cc(C3CCOCC3)oc12. The maximum absolute atomic E-state index is 6.08. The van der Waals surface area contributed by atoms with Crippen LogP contribution in [0.3, 0.4) is 0 Å². The van der Waals surface area contributed by atoms with E-state index < -0.39 is 0 Å². The predicted octanol–water partition coefficient (Wildman–Crippen LogP) is 3.85. The highest BCUT2D eigenvalue weighted by Crippen LogP contribution is 2.33. The molecule has 18 heavy (non-hydrogen) atoms. The Labute approximate surface area is 107 Å².